The van der Waals surface area contributed by atoms with Gasteiger partial charge in [-0.05, 0) is 30.9 Å². The number of hydrogen-bond donors (Lipinski definition) is 1. The number of aromatic nitrogens is 1. The fourth-order valence-corrected chi connectivity index (χ4v) is 2.31. The number of para-hydroxylation sites is 1. The largest absolute Gasteiger partial charge is 0.353 e. The SMILES string of the molecule is O=C(Cc1cccc2cccnc12)NC1CCC1. The average molecular weight is 240 g/mol. The molecular weight excluding hydrogens is 224 g/mol. The number of nitrogens with zero attached hydrogens (tertiary/aromatic N) is 1. The van der Waals surface area contributed by atoms with E-state index in [1.54, 1.807) is 6.20 Å². The molecule has 1 saturated carbocycles. The van der Waals surface area contributed by atoms with Crippen molar-refractivity contribution in [2.75, 3.05) is 0 Å². The highest BCUT2D eigenvalue weighted by molar-refractivity contribution is 5.87. The molecular formula is C15H16N2O. The highest BCUT2D eigenvalue weighted by Gasteiger charge is 2.19. The van der Waals surface area contributed by atoms with E-state index in [0.29, 0.717) is 12.5 Å². The van der Waals surface area contributed by atoms with Crippen LogP contribution >= 0.6 is 0 Å². The minimum atomic E-state index is 0.109. The number of carbonyl (C=O) groups is 1. The molecule has 0 aliphatic heterocycles. The molecule has 1 aliphatic carbocycles. The second-order valence-electron chi connectivity index (χ2n) is 4.86. The minimum Gasteiger partial charge on any atom is -0.353 e. The summed E-state index contributed by atoms with van der Waals surface area (Å²) in [5, 5.41) is 4.15. The Morgan fingerprint density at radius 3 is 2.89 bits per heavy atom. The van der Waals surface area contributed by atoms with Gasteiger partial charge in [-0.25, -0.2) is 0 Å². The van der Waals surface area contributed by atoms with Crippen molar-refractivity contribution in [3.8, 4) is 0 Å². The van der Waals surface area contributed by atoms with Crippen LogP contribution in [0.3, 0.4) is 0 Å². The monoisotopic (exact) mass is 240 g/mol. The van der Waals surface area contributed by atoms with E-state index in [2.05, 4.69) is 10.3 Å². The van der Waals surface area contributed by atoms with Gasteiger partial charge in [0.1, 0.15) is 0 Å². The Balaban J connectivity index is 1.79. The quantitative estimate of drug-likeness (QED) is 0.895. The summed E-state index contributed by atoms with van der Waals surface area (Å²) in [4.78, 5) is 16.3. The third-order valence-corrected chi connectivity index (χ3v) is 3.54. The molecule has 1 aromatic heterocycles. The molecule has 92 valence electrons. The van der Waals surface area contributed by atoms with Crippen molar-refractivity contribution in [3.63, 3.8) is 0 Å². The van der Waals surface area contributed by atoms with E-state index in [1.807, 2.05) is 30.3 Å². The number of carbonyl (C=O) groups excluding carboxylic acids is 1. The number of nitrogens with one attached hydrogen (secondary N) is 1. The number of rotatable bonds is 3. The van der Waals surface area contributed by atoms with Crippen LogP contribution in [-0.2, 0) is 11.2 Å². The summed E-state index contributed by atoms with van der Waals surface area (Å²) < 4.78 is 0. The topological polar surface area (TPSA) is 42.0 Å². The lowest BCUT2D eigenvalue weighted by Crippen LogP contribution is -2.40. The maximum atomic E-state index is 11.9. The van der Waals surface area contributed by atoms with Gasteiger partial charge in [0, 0.05) is 17.6 Å². The Morgan fingerprint density at radius 1 is 1.28 bits per heavy atom. The van der Waals surface area contributed by atoms with Gasteiger partial charge in [-0.3, -0.25) is 9.78 Å². The van der Waals surface area contributed by atoms with Crippen molar-refractivity contribution in [1.82, 2.24) is 10.3 Å². The van der Waals surface area contributed by atoms with Gasteiger partial charge in [0.05, 0.1) is 11.9 Å². The molecule has 0 bridgehead atoms. The predicted molar refractivity (Wildman–Crippen MR) is 71.2 cm³/mol. The van der Waals surface area contributed by atoms with Crippen molar-refractivity contribution in [1.29, 1.82) is 0 Å². The van der Waals surface area contributed by atoms with Gasteiger partial charge >= 0.3 is 0 Å². The summed E-state index contributed by atoms with van der Waals surface area (Å²) in [5.41, 5.74) is 1.94. The molecule has 1 aromatic carbocycles. The fraction of sp³-hybridized carbons (Fsp3) is 0.333. The summed E-state index contributed by atoms with van der Waals surface area (Å²) >= 11 is 0. The number of hydrogen-bond acceptors (Lipinski definition) is 2. The smallest absolute Gasteiger partial charge is 0.224 e. The van der Waals surface area contributed by atoms with Crippen LogP contribution in [0.5, 0.6) is 0 Å². The van der Waals surface area contributed by atoms with Crippen LogP contribution in [0.15, 0.2) is 36.5 Å². The van der Waals surface area contributed by atoms with Crippen LogP contribution in [0.1, 0.15) is 24.8 Å². The van der Waals surface area contributed by atoms with Crippen molar-refractivity contribution in [3.05, 3.63) is 42.1 Å². The maximum Gasteiger partial charge on any atom is 0.224 e. The van der Waals surface area contributed by atoms with Gasteiger partial charge in [-0.1, -0.05) is 24.3 Å². The predicted octanol–water partition coefficient (Wildman–Crippen LogP) is 2.45. The molecule has 0 spiro atoms. The first kappa shape index (κ1) is 11.2. The Kier molecular flexibility index (Phi) is 2.97. The van der Waals surface area contributed by atoms with Crippen LogP contribution in [0.25, 0.3) is 10.9 Å². The van der Waals surface area contributed by atoms with Crippen LogP contribution in [0.2, 0.25) is 0 Å². The lowest BCUT2D eigenvalue weighted by atomic mass is 9.93. The summed E-state index contributed by atoms with van der Waals surface area (Å²) in [6.45, 7) is 0. The standard InChI is InChI=1S/C15H16N2O/c18-14(17-13-7-2-8-13)10-12-5-1-4-11-6-3-9-16-15(11)12/h1,3-6,9,13H,2,7-8,10H2,(H,17,18). The zero-order valence-corrected chi connectivity index (χ0v) is 10.2. The number of benzene rings is 1. The first-order valence-electron chi connectivity index (χ1n) is 6.45. The molecule has 1 heterocycles. The van der Waals surface area contributed by atoms with E-state index in [0.717, 1.165) is 29.3 Å². The van der Waals surface area contributed by atoms with E-state index in [-0.39, 0.29) is 5.91 Å². The second kappa shape index (κ2) is 4.77. The molecule has 18 heavy (non-hydrogen) atoms. The third-order valence-electron chi connectivity index (χ3n) is 3.54. The van der Waals surface area contributed by atoms with Crippen molar-refractivity contribution >= 4 is 16.8 Å². The molecule has 0 radical (unpaired) electrons. The van der Waals surface area contributed by atoms with E-state index >= 15 is 0 Å². The highest BCUT2D eigenvalue weighted by atomic mass is 16.1. The molecule has 3 heteroatoms. The van der Waals surface area contributed by atoms with Crippen molar-refractivity contribution in [2.45, 2.75) is 31.7 Å². The van der Waals surface area contributed by atoms with Gasteiger partial charge in [0.25, 0.3) is 0 Å². The maximum absolute atomic E-state index is 11.9. The Bertz CT molecular complexity index is 570. The normalized spacial score (nSPS) is 15.3. The average Bonchev–Trinajstić information content (AvgIpc) is 2.34. The molecule has 0 unspecified atom stereocenters. The first-order chi connectivity index (χ1) is 8.83. The fourth-order valence-electron chi connectivity index (χ4n) is 2.31. The van der Waals surface area contributed by atoms with Crippen LogP contribution in [0.4, 0.5) is 0 Å². The molecule has 3 nitrogen and oxygen atoms in total. The van der Waals surface area contributed by atoms with E-state index in [4.69, 9.17) is 0 Å². The number of amides is 1. The Hall–Kier alpha value is -1.90. The van der Waals surface area contributed by atoms with Gasteiger partial charge in [-0.15, -0.1) is 0 Å². The molecule has 0 atom stereocenters. The summed E-state index contributed by atoms with van der Waals surface area (Å²) in [5.74, 6) is 0.109. The van der Waals surface area contributed by atoms with Crippen LogP contribution in [0, 0.1) is 0 Å². The lowest BCUT2D eigenvalue weighted by molar-refractivity contribution is -0.121. The molecule has 2 aromatic rings. The number of fused-ring (bicyclic) bond motifs is 1. The van der Waals surface area contributed by atoms with Crippen LogP contribution in [-0.4, -0.2) is 16.9 Å². The lowest BCUT2D eigenvalue weighted by Gasteiger charge is -2.26. The minimum absolute atomic E-state index is 0.109. The summed E-state index contributed by atoms with van der Waals surface area (Å²) in [6.07, 6.45) is 5.68. The molecule has 0 saturated heterocycles. The van der Waals surface area contributed by atoms with Crippen LogP contribution < -0.4 is 5.32 Å². The highest BCUT2D eigenvalue weighted by Crippen LogP contribution is 2.19. The summed E-state index contributed by atoms with van der Waals surface area (Å²) in [7, 11) is 0. The van der Waals surface area contributed by atoms with E-state index in [9.17, 15) is 4.79 Å². The zero-order chi connectivity index (χ0) is 12.4. The molecule has 1 fully saturated rings. The zero-order valence-electron chi connectivity index (χ0n) is 10.2. The van der Waals surface area contributed by atoms with Crippen molar-refractivity contribution < 1.29 is 4.79 Å². The molecule has 1 N–H and O–H groups in total. The third kappa shape index (κ3) is 2.21. The molecule has 1 aliphatic rings. The van der Waals surface area contributed by atoms with Gasteiger partial charge in [-0.2, -0.15) is 0 Å². The first-order valence-corrected chi connectivity index (χ1v) is 6.45. The molecule has 3 rings (SSSR count). The molecule has 1 amide bonds. The van der Waals surface area contributed by atoms with Gasteiger partial charge in [0.2, 0.25) is 5.91 Å². The van der Waals surface area contributed by atoms with E-state index in [1.165, 1.54) is 6.42 Å². The Morgan fingerprint density at radius 2 is 2.11 bits per heavy atom. The van der Waals surface area contributed by atoms with Crippen molar-refractivity contribution in [2.24, 2.45) is 0 Å². The van der Waals surface area contributed by atoms with E-state index < -0.39 is 0 Å². The van der Waals surface area contributed by atoms with Gasteiger partial charge < -0.3 is 5.32 Å². The van der Waals surface area contributed by atoms with Gasteiger partial charge in [0.15, 0.2) is 0 Å². The number of pyridine rings is 1. The Labute approximate surface area is 106 Å². The second-order valence-corrected chi connectivity index (χ2v) is 4.86. The summed E-state index contributed by atoms with van der Waals surface area (Å²) in [6, 6.07) is 10.3.